The Kier molecular flexibility index (Phi) is 5.36. The zero-order chi connectivity index (χ0) is 13.9. The molecule has 0 amide bonds. The Morgan fingerprint density at radius 1 is 1.06 bits per heavy atom. The first-order chi connectivity index (χ1) is 8.42. The Hall–Kier alpha value is -0.860. The SMILES string of the molecule is CCC(CO)C(c1cc(C)c(C)cc1C)N(C)C. The Morgan fingerprint density at radius 3 is 2.06 bits per heavy atom. The first-order valence-electron chi connectivity index (χ1n) is 6.77. The molecule has 1 N–H and O–H groups in total. The number of hydrogen-bond acceptors (Lipinski definition) is 2. The van der Waals surface area contributed by atoms with E-state index >= 15 is 0 Å². The fraction of sp³-hybridized carbons (Fsp3) is 0.625. The number of aryl methyl sites for hydroxylation is 3. The van der Waals surface area contributed by atoms with Crippen LogP contribution in [0.15, 0.2) is 12.1 Å². The van der Waals surface area contributed by atoms with Crippen molar-refractivity contribution in [2.75, 3.05) is 20.7 Å². The number of rotatable bonds is 5. The molecule has 1 rings (SSSR count). The van der Waals surface area contributed by atoms with Crippen LogP contribution in [-0.2, 0) is 0 Å². The summed E-state index contributed by atoms with van der Waals surface area (Å²) in [6.45, 7) is 8.87. The zero-order valence-electron chi connectivity index (χ0n) is 12.6. The molecule has 0 heterocycles. The Bertz CT molecular complexity index is 394. The minimum absolute atomic E-state index is 0.242. The minimum atomic E-state index is 0.242. The maximum absolute atomic E-state index is 9.59. The topological polar surface area (TPSA) is 23.5 Å². The summed E-state index contributed by atoms with van der Waals surface area (Å²) in [5, 5.41) is 9.59. The molecule has 0 saturated carbocycles. The molecule has 0 fully saturated rings. The molecule has 1 aromatic carbocycles. The lowest BCUT2D eigenvalue weighted by molar-refractivity contribution is 0.130. The van der Waals surface area contributed by atoms with Crippen LogP contribution in [0.3, 0.4) is 0 Å². The smallest absolute Gasteiger partial charge is 0.0477 e. The Balaban J connectivity index is 3.25. The standard InChI is InChI=1S/C16H27NO/c1-7-14(10-18)16(17(5)6)15-9-12(3)11(2)8-13(15)4/h8-9,14,16,18H,7,10H2,1-6H3. The van der Waals surface area contributed by atoms with E-state index in [9.17, 15) is 5.11 Å². The van der Waals surface area contributed by atoms with Gasteiger partial charge >= 0.3 is 0 Å². The molecule has 0 aliphatic heterocycles. The molecule has 102 valence electrons. The normalized spacial score (nSPS) is 14.9. The third kappa shape index (κ3) is 3.12. The van der Waals surface area contributed by atoms with E-state index in [2.05, 4.69) is 58.8 Å². The van der Waals surface area contributed by atoms with Crippen LogP contribution in [0.2, 0.25) is 0 Å². The fourth-order valence-corrected chi connectivity index (χ4v) is 2.71. The summed E-state index contributed by atoms with van der Waals surface area (Å²) in [4.78, 5) is 2.22. The minimum Gasteiger partial charge on any atom is -0.396 e. The van der Waals surface area contributed by atoms with Crippen LogP contribution in [-0.4, -0.2) is 30.7 Å². The second-order valence-corrected chi connectivity index (χ2v) is 5.55. The number of nitrogens with zero attached hydrogens (tertiary/aromatic N) is 1. The summed E-state index contributed by atoms with van der Waals surface area (Å²) in [5.41, 5.74) is 5.34. The van der Waals surface area contributed by atoms with Crippen molar-refractivity contribution < 1.29 is 5.11 Å². The van der Waals surface area contributed by atoms with Gasteiger partial charge in [-0.15, -0.1) is 0 Å². The van der Waals surface area contributed by atoms with Crippen LogP contribution in [0, 0.1) is 26.7 Å². The van der Waals surface area contributed by atoms with Crippen molar-refractivity contribution in [3.8, 4) is 0 Å². The van der Waals surface area contributed by atoms with Crippen LogP contribution >= 0.6 is 0 Å². The van der Waals surface area contributed by atoms with E-state index in [-0.39, 0.29) is 6.61 Å². The number of hydrogen-bond donors (Lipinski definition) is 1. The largest absolute Gasteiger partial charge is 0.396 e. The second-order valence-electron chi connectivity index (χ2n) is 5.55. The average molecular weight is 249 g/mol. The van der Waals surface area contributed by atoms with E-state index in [0.29, 0.717) is 12.0 Å². The monoisotopic (exact) mass is 249 g/mol. The lowest BCUT2D eigenvalue weighted by Crippen LogP contribution is -2.30. The fourth-order valence-electron chi connectivity index (χ4n) is 2.71. The van der Waals surface area contributed by atoms with Gasteiger partial charge in [-0.05, 0) is 63.5 Å². The van der Waals surface area contributed by atoms with Gasteiger partial charge in [0.2, 0.25) is 0 Å². The molecule has 0 bridgehead atoms. The molecular formula is C16H27NO. The van der Waals surface area contributed by atoms with Gasteiger partial charge in [-0.2, -0.15) is 0 Å². The van der Waals surface area contributed by atoms with E-state index in [1.165, 1.54) is 22.3 Å². The van der Waals surface area contributed by atoms with Gasteiger partial charge in [0.05, 0.1) is 0 Å². The van der Waals surface area contributed by atoms with Gasteiger partial charge in [-0.3, -0.25) is 0 Å². The van der Waals surface area contributed by atoms with Gasteiger partial charge in [-0.25, -0.2) is 0 Å². The van der Waals surface area contributed by atoms with E-state index in [1.807, 2.05) is 0 Å². The van der Waals surface area contributed by atoms with Crippen molar-refractivity contribution in [1.29, 1.82) is 0 Å². The van der Waals surface area contributed by atoms with Crippen molar-refractivity contribution in [2.24, 2.45) is 5.92 Å². The first-order valence-corrected chi connectivity index (χ1v) is 6.77. The average Bonchev–Trinajstić information content (AvgIpc) is 2.31. The third-order valence-corrected chi connectivity index (χ3v) is 3.96. The molecule has 2 atom stereocenters. The highest BCUT2D eigenvalue weighted by Crippen LogP contribution is 2.32. The van der Waals surface area contributed by atoms with Crippen LogP contribution in [0.1, 0.15) is 41.6 Å². The van der Waals surface area contributed by atoms with Crippen LogP contribution in [0.25, 0.3) is 0 Å². The number of aliphatic hydroxyl groups excluding tert-OH is 1. The molecule has 0 radical (unpaired) electrons. The predicted octanol–water partition coefficient (Wildman–Crippen LogP) is 3.23. The van der Waals surface area contributed by atoms with Crippen LogP contribution in [0.5, 0.6) is 0 Å². The van der Waals surface area contributed by atoms with Crippen molar-refractivity contribution >= 4 is 0 Å². The van der Waals surface area contributed by atoms with Gasteiger partial charge in [0, 0.05) is 18.6 Å². The predicted molar refractivity (Wildman–Crippen MR) is 77.9 cm³/mol. The highest BCUT2D eigenvalue weighted by atomic mass is 16.3. The van der Waals surface area contributed by atoms with Gasteiger partial charge in [0.1, 0.15) is 0 Å². The summed E-state index contributed by atoms with van der Waals surface area (Å²) in [6, 6.07) is 4.83. The van der Waals surface area contributed by atoms with Gasteiger partial charge in [-0.1, -0.05) is 19.1 Å². The maximum Gasteiger partial charge on any atom is 0.0477 e. The highest BCUT2D eigenvalue weighted by molar-refractivity contribution is 5.38. The lowest BCUT2D eigenvalue weighted by Gasteiger charge is -2.32. The number of benzene rings is 1. The molecule has 0 aliphatic rings. The van der Waals surface area contributed by atoms with Crippen molar-refractivity contribution in [1.82, 2.24) is 4.90 Å². The zero-order valence-corrected chi connectivity index (χ0v) is 12.6. The van der Waals surface area contributed by atoms with Crippen molar-refractivity contribution in [3.05, 3.63) is 34.4 Å². The molecule has 2 unspecified atom stereocenters. The van der Waals surface area contributed by atoms with Crippen LogP contribution < -0.4 is 0 Å². The molecule has 0 aromatic heterocycles. The first kappa shape index (κ1) is 15.2. The number of aliphatic hydroxyl groups is 1. The quantitative estimate of drug-likeness (QED) is 0.866. The molecule has 0 spiro atoms. The molecule has 0 saturated heterocycles. The molecule has 0 aliphatic carbocycles. The highest BCUT2D eigenvalue weighted by Gasteiger charge is 2.25. The molecule has 1 aromatic rings. The summed E-state index contributed by atoms with van der Waals surface area (Å²) in [6.07, 6.45) is 0.992. The molecule has 2 nitrogen and oxygen atoms in total. The maximum atomic E-state index is 9.59. The van der Waals surface area contributed by atoms with E-state index in [4.69, 9.17) is 0 Å². The summed E-state index contributed by atoms with van der Waals surface area (Å²) in [7, 11) is 4.19. The Labute approximate surface area is 112 Å². The van der Waals surface area contributed by atoms with Crippen LogP contribution in [0.4, 0.5) is 0 Å². The molecule has 2 heteroatoms. The second kappa shape index (κ2) is 6.35. The van der Waals surface area contributed by atoms with Crippen molar-refractivity contribution in [2.45, 2.75) is 40.2 Å². The molecule has 18 heavy (non-hydrogen) atoms. The molecular weight excluding hydrogens is 222 g/mol. The van der Waals surface area contributed by atoms with E-state index < -0.39 is 0 Å². The third-order valence-electron chi connectivity index (χ3n) is 3.96. The van der Waals surface area contributed by atoms with Gasteiger partial charge in [0.25, 0.3) is 0 Å². The lowest BCUT2D eigenvalue weighted by atomic mass is 9.86. The summed E-state index contributed by atoms with van der Waals surface area (Å²) >= 11 is 0. The summed E-state index contributed by atoms with van der Waals surface area (Å²) < 4.78 is 0. The van der Waals surface area contributed by atoms with E-state index in [1.54, 1.807) is 0 Å². The van der Waals surface area contributed by atoms with Crippen molar-refractivity contribution in [3.63, 3.8) is 0 Å². The van der Waals surface area contributed by atoms with Gasteiger partial charge in [0.15, 0.2) is 0 Å². The van der Waals surface area contributed by atoms with E-state index in [0.717, 1.165) is 6.42 Å². The van der Waals surface area contributed by atoms with Gasteiger partial charge < -0.3 is 10.0 Å². The Morgan fingerprint density at radius 2 is 1.61 bits per heavy atom. The summed E-state index contributed by atoms with van der Waals surface area (Å²) in [5.74, 6) is 0.292.